The van der Waals surface area contributed by atoms with Crippen LogP contribution in [0.5, 0.6) is 0 Å². The van der Waals surface area contributed by atoms with Crippen molar-refractivity contribution in [1.82, 2.24) is 0 Å². The van der Waals surface area contributed by atoms with E-state index in [0.29, 0.717) is 4.47 Å². The van der Waals surface area contributed by atoms with Gasteiger partial charge in [-0.3, -0.25) is 4.79 Å². The van der Waals surface area contributed by atoms with Gasteiger partial charge in [-0.05, 0) is 49.4 Å². The second kappa shape index (κ2) is 8.23. The van der Waals surface area contributed by atoms with Crippen LogP contribution < -0.4 is 0 Å². The number of hydrogen-bond donors (Lipinski definition) is 0. The molecule has 1 aliphatic carbocycles. The Kier molecular flexibility index (Phi) is 5.74. The maximum atomic E-state index is 13.2. The number of sulfonamides is 1. The molecular formula is C23H16BrNO5S2. The van der Waals surface area contributed by atoms with Crippen molar-refractivity contribution >= 4 is 47.3 Å². The molecule has 0 bridgehead atoms. The highest BCUT2D eigenvalue weighted by Crippen LogP contribution is 2.30. The van der Waals surface area contributed by atoms with E-state index in [1.54, 1.807) is 36.4 Å². The van der Waals surface area contributed by atoms with Crippen LogP contribution in [-0.2, 0) is 19.9 Å². The van der Waals surface area contributed by atoms with Crippen molar-refractivity contribution in [2.45, 2.75) is 16.7 Å². The number of benzene rings is 3. The van der Waals surface area contributed by atoms with E-state index in [4.69, 9.17) is 0 Å². The quantitative estimate of drug-likeness (QED) is 0.495. The smallest absolute Gasteiger partial charge is 0.282 e. The van der Waals surface area contributed by atoms with Crippen LogP contribution in [0, 0.1) is 6.92 Å². The summed E-state index contributed by atoms with van der Waals surface area (Å²) < 4.78 is 56.9. The van der Waals surface area contributed by atoms with Gasteiger partial charge in [0.2, 0.25) is 15.6 Å². The highest BCUT2D eigenvalue weighted by Gasteiger charge is 2.34. The number of Topliss-reactive ketones (excluding diaryl/α,β-unsaturated/α-hetero) is 1. The maximum Gasteiger partial charge on any atom is 0.282 e. The topological polar surface area (TPSA) is 97.7 Å². The Bertz CT molecular complexity index is 1500. The monoisotopic (exact) mass is 529 g/mol. The van der Waals surface area contributed by atoms with Crippen LogP contribution in [0.1, 0.15) is 21.5 Å². The zero-order valence-electron chi connectivity index (χ0n) is 16.7. The molecule has 0 heterocycles. The summed E-state index contributed by atoms with van der Waals surface area (Å²) in [4.78, 5) is 12.4. The molecule has 0 aromatic heterocycles. The molecule has 0 aliphatic heterocycles. The lowest BCUT2D eigenvalue weighted by Crippen LogP contribution is -2.23. The Morgan fingerprint density at radius 1 is 0.750 bits per heavy atom. The van der Waals surface area contributed by atoms with Crippen molar-refractivity contribution in [3.8, 4) is 0 Å². The minimum atomic E-state index is -4.20. The van der Waals surface area contributed by atoms with E-state index >= 15 is 0 Å². The molecule has 3 aromatic carbocycles. The van der Waals surface area contributed by atoms with E-state index in [1.165, 1.54) is 36.4 Å². The first-order chi connectivity index (χ1) is 15.1. The molecule has 6 nitrogen and oxygen atoms in total. The predicted octanol–water partition coefficient (Wildman–Crippen LogP) is 4.49. The largest absolute Gasteiger partial charge is 0.288 e. The maximum absolute atomic E-state index is 13.2. The standard InChI is InChI=1S/C23H16BrNO5S2/c1-15-6-10-17(11-7-15)31(27,28)22-14-21(19-4-2-3-5-20(19)23(22)26)25-32(29,30)18-12-8-16(24)9-13-18/h2-14H,1H3/b25-21+. The van der Waals surface area contributed by atoms with Crippen LogP contribution in [-0.4, -0.2) is 28.3 Å². The third-order valence-electron chi connectivity index (χ3n) is 4.89. The molecule has 0 saturated carbocycles. The highest BCUT2D eigenvalue weighted by atomic mass is 79.9. The molecular weight excluding hydrogens is 514 g/mol. The van der Waals surface area contributed by atoms with E-state index in [1.807, 2.05) is 6.92 Å². The molecule has 3 aromatic rings. The van der Waals surface area contributed by atoms with Gasteiger partial charge in [0.25, 0.3) is 10.0 Å². The van der Waals surface area contributed by atoms with Gasteiger partial charge in [-0.2, -0.15) is 12.8 Å². The Balaban J connectivity index is 1.92. The Hall–Kier alpha value is -2.88. The molecule has 162 valence electrons. The molecule has 0 atom stereocenters. The van der Waals surface area contributed by atoms with Crippen molar-refractivity contribution in [2.24, 2.45) is 4.40 Å². The number of rotatable bonds is 4. The molecule has 1 aliphatic rings. The van der Waals surface area contributed by atoms with Gasteiger partial charge in [-0.25, -0.2) is 8.42 Å². The van der Waals surface area contributed by atoms with Gasteiger partial charge < -0.3 is 0 Å². The van der Waals surface area contributed by atoms with Crippen molar-refractivity contribution in [3.05, 3.63) is 105 Å². The first-order valence-electron chi connectivity index (χ1n) is 9.38. The van der Waals surface area contributed by atoms with Crippen LogP contribution in [0.2, 0.25) is 0 Å². The molecule has 0 unspecified atom stereocenters. The summed E-state index contributed by atoms with van der Waals surface area (Å²) in [5.74, 6) is -0.707. The summed E-state index contributed by atoms with van der Waals surface area (Å²) in [5, 5.41) is 0. The number of nitrogens with zero attached hydrogens (tertiary/aromatic N) is 1. The van der Waals surface area contributed by atoms with E-state index in [0.717, 1.165) is 11.6 Å². The average molecular weight is 530 g/mol. The second-order valence-corrected chi connectivity index (χ2v) is 11.5. The number of ketones is 1. The van der Waals surface area contributed by atoms with Crippen LogP contribution in [0.4, 0.5) is 0 Å². The van der Waals surface area contributed by atoms with E-state index < -0.39 is 30.5 Å². The minimum Gasteiger partial charge on any atom is -0.288 e. The van der Waals surface area contributed by atoms with Gasteiger partial charge in [-0.15, -0.1) is 0 Å². The molecule has 32 heavy (non-hydrogen) atoms. The van der Waals surface area contributed by atoms with E-state index in [9.17, 15) is 21.6 Å². The summed E-state index contributed by atoms with van der Waals surface area (Å²) in [6, 6.07) is 18.2. The summed E-state index contributed by atoms with van der Waals surface area (Å²) >= 11 is 3.25. The SMILES string of the molecule is Cc1ccc(S(=O)(=O)C2=C/C(=N\S(=O)(=O)c3ccc(Br)cc3)c3ccccc3C2=O)cc1. The van der Waals surface area contributed by atoms with Crippen LogP contribution >= 0.6 is 15.9 Å². The fraction of sp³-hybridized carbons (Fsp3) is 0.0435. The number of carbonyl (C=O) groups excluding carboxylic acids is 1. The summed E-state index contributed by atoms with van der Waals surface area (Å²) in [5.41, 5.74) is 1.07. The first-order valence-corrected chi connectivity index (χ1v) is 13.1. The summed E-state index contributed by atoms with van der Waals surface area (Å²) in [7, 11) is -8.36. The zero-order chi connectivity index (χ0) is 23.1. The second-order valence-electron chi connectivity index (χ2n) is 7.11. The third kappa shape index (κ3) is 4.11. The Labute approximate surface area is 194 Å². The van der Waals surface area contributed by atoms with E-state index in [-0.39, 0.29) is 26.6 Å². The van der Waals surface area contributed by atoms with E-state index in [2.05, 4.69) is 20.3 Å². The normalized spacial score (nSPS) is 15.4. The molecule has 0 amide bonds. The van der Waals surface area contributed by atoms with Crippen LogP contribution in [0.25, 0.3) is 0 Å². The minimum absolute atomic E-state index is 0.0566. The number of aryl methyl sites for hydroxylation is 1. The zero-order valence-corrected chi connectivity index (χ0v) is 19.9. The lowest BCUT2D eigenvalue weighted by atomic mass is 9.94. The summed E-state index contributed by atoms with van der Waals surface area (Å²) in [6.45, 7) is 1.81. The number of hydrogen-bond acceptors (Lipinski definition) is 5. The number of carbonyl (C=O) groups is 1. The average Bonchev–Trinajstić information content (AvgIpc) is 2.76. The van der Waals surface area contributed by atoms with Gasteiger partial charge in [0.05, 0.1) is 15.5 Å². The molecule has 4 rings (SSSR count). The lowest BCUT2D eigenvalue weighted by Gasteiger charge is -2.18. The lowest BCUT2D eigenvalue weighted by molar-refractivity contribution is 0.104. The summed E-state index contributed by atoms with van der Waals surface area (Å²) in [6.07, 6.45) is 1.04. The van der Waals surface area contributed by atoms with Gasteiger partial charge in [0.1, 0.15) is 4.91 Å². The number of fused-ring (bicyclic) bond motifs is 1. The highest BCUT2D eigenvalue weighted by molar-refractivity contribution is 9.10. The van der Waals surface area contributed by atoms with Crippen LogP contribution in [0.3, 0.4) is 0 Å². The molecule has 9 heteroatoms. The number of allylic oxidation sites excluding steroid dienone is 2. The van der Waals surface area contributed by atoms with Crippen molar-refractivity contribution in [3.63, 3.8) is 0 Å². The molecule has 0 fully saturated rings. The Morgan fingerprint density at radius 2 is 1.31 bits per heavy atom. The predicted molar refractivity (Wildman–Crippen MR) is 125 cm³/mol. The van der Waals surface area contributed by atoms with Crippen LogP contribution in [0.15, 0.2) is 102 Å². The molecule has 0 saturated heterocycles. The fourth-order valence-corrected chi connectivity index (χ4v) is 5.84. The van der Waals surface area contributed by atoms with Crippen molar-refractivity contribution < 1.29 is 21.6 Å². The Morgan fingerprint density at radius 3 is 1.94 bits per heavy atom. The van der Waals surface area contributed by atoms with Gasteiger partial charge >= 0.3 is 0 Å². The molecule has 0 radical (unpaired) electrons. The van der Waals surface area contributed by atoms with Crippen molar-refractivity contribution in [1.29, 1.82) is 0 Å². The van der Waals surface area contributed by atoms with Crippen molar-refractivity contribution in [2.75, 3.05) is 0 Å². The fourth-order valence-electron chi connectivity index (χ4n) is 3.21. The van der Waals surface area contributed by atoms with Gasteiger partial charge in [0.15, 0.2) is 0 Å². The first kappa shape index (κ1) is 22.3. The number of sulfone groups is 1. The molecule has 0 N–H and O–H groups in total. The number of halogens is 1. The molecule has 0 spiro atoms. The third-order valence-corrected chi connectivity index (χ3v) is 8.50. The van der Waals surface area contributed by atoms with Gasteiger partial charge in [0, 0.05) is 15.6 Å². The van der Waals surface area contributed by atoms with Gasteiger partial charge in [-0.1, -0.05) is 57.9 Å².